The number of aryl methyl sites for hydroxylation is 1. The molecule has 0 unspecified atom stereocenters. The molecule has 3 N–H and O–H groups in total. The summed E-state index contributed by atoms with van der Waals surface area (Å²) in [5.41, 5.74) is 1.89. The van der Waals surface area contributed by atoms with Gasteiger partial charge in [-0.25, -0.2) is 4.98 Å². The van der Waals surface area contributed by atoms with E-state index in [9.17, 15) is 24.6 Å². The van der Waals surface area contributed by atoms with Crippen LogP contribution in [0.15, 0.2) is 24.3 Å². The molecule has 0 spiro atoms. The molecule has 2 rings (SSSR count). The average molecular weight is 417 g/mol. The lowest BCUT2D eigenvalue weighted by atomic mass is 9.91. The largest absolute Gasteiger partial charge is 0.550 e. The van der Waals surface area contributed by atoms with Gasteiger partial charge in [0, 0.05) is 37.8 Å². The Balaban J connectivity index is 1.91. The van der Waals surface area contributed by atoms with Crippen LogP contribution < -0.4 is 15.7 Å². The molecule has 0 aliphatic heterocycles. The summed E-state index contributed by atoms with van der Waals surface area (Å²) in [5, 5.41) is 25.3. The number of nitrogens with one attached hydrogen (secondary N) is 2. The maximum atomic E-state index is 12.5. The molecule has 1 aromatic carbocycles. The van der Waals surface area contributed by atoms with Crippen LogP contribution in [0.2, 0.25) is 0 Å². The summed E-state index contributed by atoms with van der Waals surface area (Å²) in [7, 11) is 0. The van der Waals surface area contributed by atoms with E-state index in [1.165, 1.54) is 0 Å². The number of carbonyl (C=O) groups is 3. The Bertz CT molecular complexity index is 893. The molecule has 2 atom stereocenters. The van der Waals surface area contributed by atoms with Gasteiger partial charge >= 0.3 is 0 Å². The minimum absolute atomic E-state index is 0.0311. The molecule has 1 heterocycles. The smallest absolute Gasteiger partial charge is 0.224 e. The van der Waals surface area contributed by atoms with Crippen LogP contribution in [-0.4, -0.2) is 51.6 Å². The summed E-state index contributed by atoms with van der Waals surface area (Å²) in [6.07, 6.45) is -0.520. The van der Waals surface area contributed by atoms with Crippen LogP contribution >= 0.6 is 0 Å². The van der Waals surface area contributed by atoms with Crippen LogP contribution in [0.3, 0.4) is 0 Å². The Morgan fingerprint density at radius 1 is 1.20 bits per heavy atom. The van der Waals surface area contributed by atoms with Gasteiger partial charge in [-0.1, -0.05) is 26.0 Å². The lowest BCUT2D eigenvalue weighted by Crippen LogP contribution is -2.46. The van der Waals surface area contributed by atoms with Gasteiger partial charge < -0.3 is 30.2 Å². The van der Waals surface area contributed by atoms with Crippen LogP contribution in [0.1, 0.15) is 32.5 Å². The van der Waals surface area contributed by atoms with Gasteiger partial charge in [-0.3, -0.25) is 9.59 Å². The number of carbonyl (C=O) groups excluding carboxylic acids is 3. The highest BCUT2D eigenvalue weighted by Crippen LogP contribution is 2.17. The normalized spacial score (nSPS) is 13.2. The summed E-state index contributed by atoms with van der Waals surface area (Å²) < 4.78 is 2.02. The van der Waals surface area contributed by atoms with Gasteiger partial charge in [-0.2, -0.15) is 0 Å². The fourth-order valence-electron chi connectivity index (χ4n) is 3.36. The third-order valence-corrected chi connectivity index (χ3v) is 5.03. The van der Waals surface area contributed by atoms with E-state index < -0.39 is 36.9 Å². The Morgan fingerprint density at radius 2 is 1.90 bits per heavy atom. The average Bonchev–Trinajstić information content (AvgIpc) is 3.00. The van der Waals surface area contributed by atoms with Crippen molar-refractivity contribution in [3.63, 3.8) is 0 Å². The zero-order chi connectivity index (χ0) is 22.3. The number of carboxylic acid groups (broad SMARTS) is 1. The molecule has 0 radical (unpaired) electrons. The number of aliphatic hydroxyl groups is 1. The second-order valence-electron chi connectivity index (χ2n) is 7.67. The van der Waals surface area contributed by atoms with Crippen LogP contribution in [0.25, 0.3) is 11.0 Å². The van der Waals surface area contributed by atoms with Crippen molar-refractivity contribution in [2.45, 2.75) is 46.2 Å². The molecule has 9 nitrogen and oxygen atoms in total. The summed E-state index contributed by atoms with van der Waals surface area (Å²) in [6, 6.07) is 6.82. The van der Waals surface area contributed by atoms with Gasteiger partial charge in [0.1, 0.15) is 5.82 Å². The predicted octanol–water partition coefficient (Wildman–Crippen LogP) is -0.260. The van der Waals surface area contributed by atoms with Gasteiger partial charge in [0.05, 0.1) is 23.7 Å². The standard InChI is InChI=1S/C21H30N4O5/c1-13(2)16(21(30)24-15(12-26)10-20(28)29)11-19(27)22-8-9-25-14(3)23-17-6-4-5-7-18(17)25/h4-7,13,15-16,26H,8-12H2,1-3H3,(H,22,27)(H,24,30)(H,28,29)/p-1/t15-,16-/m0/s1. The van der Waals surface area contributed by atoms with Gasteiger partial charge in [0.25, 0.3) is 0 Å². The van der Waals surface area contributed by atoms with Crippen molar-refractivity contribution in [1.82, 2.24) is 20.2 Å². The fourth-order valence-corrected chi connectivity index (χ4v) is 3.36. The SMILES string of the molecule is Cc1nc2ccccc2n1CCNC(=O)C[C@H](C(=O)N[C@H](CO)CC(=O)[O-])C(C)C. The van der Waals surface area contributed by atoms with Crippen molar-refractivity contribution in [1.29, 1.82) is 0 Å². The molecule has 9 heteroatoms. The predicted molar refractivity (Wildman–Crippen MR) is 109 cm³/mol. The van der Waals surface area contributed by atoms with E-state index in [0.29, 0.717) is 13.1 Å². The number of fused-ring (bicyclic) bond motifs is 1. The molecular formula is C21H29N4O5-. The van der Waals surface area contributed by atoms with Crippen molar-refractivity contribution >= 4 is 28.8 Å². The zero-order valence-electron chi connectivity index (χ0n) is 17.6. The lowest BCUT2D eigenvalue weighted by molar-refractivity contribution is -0.306. The first-order valence-electron chi connectivity index (χ1n) is 10.0. The van der Waals surface area contributed by atoms with Gasteiger partial charge in [-0.15, -0.1) is 0 Å². The second kappa shape index (κ2) is 10.7. The number of amides is 2. The number of hydrogen-bond donors (Lipinski definition) is 3. The Hall–Kier alpha value is -2.94. The number of carboxylic acids is 1. The highest BCUT2D eigenvalue weighted by molar-refractivity contribution is 5.86. The van der Waals surface area contributed by atoms with Gasteiger partial charge in [-0.05, 0) is 25.0 Å². The van der Waals surface area contributed by atoms with E-state index in [1.807, 2.05) is 49.6 Å². The minimum atomic E-state index is -1.37. The molecule has 0 bridgehead atoms. The molecule has 0 saturated carbocycles. The molecular weight excluding hydrogens is 388 g/mol. The number of hydrogen-bond acceptors (Lipinski definition) is 6. The lowest BCUT2D eigenvalue weighted by Gasteiger charge is -2.24. The van der Waals surface area contributed by atoms with Crippen molar-refractivity contribution in [3.8, 4) is 0 Å². The maximum Gasteiger partial charge on any atom is 0.224 e. The summed E-state index contributed by atoms with van der Waals surface area (Å²) in [6.45, 7) is 5.95. The Morgan fingerprint density at radius 3 is 2.53 bits per heavy atom. The van der Waals surface area contributed by atoms with E-state index in [4.69, 9.17) is 0 Å². The van der Waals surface area contributed by atoms with Crippen molar-refractivity contribution in [2.75, 3.05) is 13.2 Å². The van der Waals surface area contributed by atoms with E-state index in [-0.39, 0.29) is 18.2 Å². The number of benzene rings is 1. The monoisotopic (exact) mass is 417 g/mol. The van der Waals surface area contributed by atoms with Crippen molar-refractivity contribution in [2.24, 2.45) is 11.8 Å². The summed E-state index contributed by atoms with van der Waals surface area (Å²) in [4.78, 5) is 40.1. The molecule has 30 heavy (non-hydrogen) atoms. The minimum Gasteiger partial charge on any atom is -0.550 e. The molecule has 0 aliphatic carbocycles. The molecule has 0 saturated heterocycles. The first-order valence-corrected chi connectivity index (χ1v) is 10.0. The fraction of sp³-hybridized carbons (Fsp3) is 0.524. The first-order chi connectivity index (χ1) is 14.2. The van der Waals surface area contributed by atoms with Crippen LogP contribution in [0.5, 0.6) is 0 Å². The van der Waals surface area contributed by atoms with Crippen LogP contribution in [0, 0.1) is 18.8 Å². The number of aliphatic carboxylic acids is 1. The van der Waals surface area contributed by atoms with Crippen molar-refractivity contribution in [3.05, 3.63) is 30.1 Å². The number of aromatic nitrogens is 2. The van der Waals surface area contributed by atoms with E-state index in [1.54, 1.807) is 0 Å². The van der Waals surface area contributed by atoms with Crippen LogP contribution in [-0.2, 0) is 20.9 Å². The molecule has 2 amide bonds. The van der Waals surface area contributed by atoms with E-state index in [2.05, 4.69) is 15.6 Å². The quantitative estimate of drug-likeness (QED) is 0.461. The molecule has 0 aliphatic rings. The van der Waals surface area contributed by atoms with Crippen molar-refractivity contribution < 1.29 is 24.6 Å². The van der Waals surface area contributed by atoms with Gasteiger partial charge in [0.2, 0.25) is 11.8 Å². The highest BCUT2D eigenvalue weighted by atomic mass is 16.4. The first kappa shape index (κ1) is 23.3. The topological polar surface area (TPSA) is 136 Å². The van der Waals surface area contributed by atoms with E-state index >= 15 is 0 Å². The van der Waals surface area contributed by atoms with E-state index in [0.717, 1.165) is 16.9 Å². The second-order valence-corrected chi connectivity index (χ2v) is 7.67. The molecule has 2 aromatic rings. The molecule has 1 aromatic heterocycles. The number of rotatable bonds is 11. The highest BCUT2D eigenvalue weighted by Gasteiger charge is 2.26. The number of imidazole rings is 1. The number of nitrogens with zero attached hydrogens (tertiary/aromatic N) is 2. The molecule has 0 fully saturated rings. The maximum absolute atomic E-state index is 12.5. The summed E-state index contributed by atoms with van der Waals surface area (Å²) in [5.74, 6) is -2.03. The Kier molecular flexibility index (Phi) is 8.35. The number of para-hydroxylation sites is 2. The third-order valence-electron chi connectivity index (χ3n) is 5.03. The zero-order valence-corrected chi connectivity index (χ0v) is 17.6. The molecule has 164 valence electrons. The van der Waals surface area contributed by atoms with Gasteiger partial charge in [0.15, 0.2) is 0 Å². The summed E-state index contributed by atoms with van der Waals surface area (Å²) >= 11 is 0. The number of aliphatic hydroxyl groups excluding tert-OH is 1. The Labute approximate surface area is 175 Å². The third kappa shape index (κ3) is 6.28. The van der Waals surface area contributed by atoms with Crippen LogP contribution in [0.4, 0.5) is 0 Å².